The fourth-order valence-electron chi connectivity index (χ4n) is 3.86. The number of ether oxygens (including phenoxy) is 3. The number of benzene rings is 2. The number of rotatable bonds is 16. The zero-order valence-electron chi connectivity index (χ0n) is 23.5. The SMILES string of the molecule is COCCN(CCOC)c1nc(C(=O)NC(CC(=O)O)C(=O)O)c(Cl)nc1-c1ccc(C(=O)OCc2ccccc2)cc1. The highest BCUT2D eigenvalue weighted by Gasteiger charge is 2.28. The van der Waals surface area contributed by atoms with E-state index < -0.39 is 42.0 Å². The molecule has 0 radical (unpaired) electrons. The number of carboxylic acids is 2. The van der Waals surface area contributed by atoms with Gasteiger partial charge in [-0.1, -0.05) is 54.1 Å². The summed E-state index contributed by atoms with van der Waals surface area (Å²) in [5.74, 6) is -4.30. The van der Waals surface area contributed by atoms with Crippen LogP contribution in [0.5, 0.6) is 0 Å². The fraction of sp³-hybridized carbons (Fsp3) is 0.310. The predicted molar refractivity (Wildman–Crippen MR) is 155 cm³/mol. The molecule has 1 amide bonds. The lowest BCUT2D eigenvalue weighted by Gasteiger charge is -2.26. The first-order valence-electron chi connectivity index (χ1n) is 13.0. The van der Waals surface area contributed by atoms with Crippen LogP contribution in [0, 0.1) is 0 Å². The molecule has 1 atom stereocenters. The number of nitrogens with one attached hydrogen (secondary N) is 1. The van der Waals surface area contributed by atoms with Crippen molar-refractivity contribution < 1.29 is 43.6 Å². The minimum Gasteiger partial charge on any atom is -0.481 e. The molecule has 1 heterocycles. The average molecular weight is 615 g/mol. The van der Waals surface area contributed by atoms with Crippen molar-refractivity contribution in [2.75, 3.05) is 45.4 Å². The molecule has 0 saturated carbocycles. The Morgan fingerprint density at radius 3 is 2.12 bits per heavy atom. The highest BCUT2D eigenvalue weighted by atomic mass is 35.5. The number of esters is 1. The quantitative estimate of drug-likeness (QED) is 0.201. The van der Waals surface area contributed by atoms with Gasteiger partial charge in [0.25, 0.3) is 5.91 Å². The number of carbonyl (C=O) groups excluding carboxylic acids is 2. The number of hydrogen-bond acceptors (Lipinski definition) is 10. The average Bonchev–Trinajstić information content (AvgIpc) is 3.00. The lowest BCUT2D eigenvalue weighted by atomic mass is 10.1. The first-order valence-corrected chi connectivity index (χ1v) is 13.4. The summed E-state index contributed by atoms with van der Waals surface area (Å²) in [5.41, 5.74) is 1.50. The van der Waals surface area contributed by atoms with Crippen molar-refractivity contribution in [2.24, 2.45) is 0 Å². The number of halogens is 1. The molecule has 1 aromatic heterocycles. The van der Waals surface area contributed by atoms with E-state index in [4.69, 9.17) is 30.9 Å². The van der Waals surface area contributed by atoms with Crippen molar-refractivity contribution >= 4 is 41.2 Å². The molecule has 2 aromatic carbocycles. The first kappa shape index (κ1) is 32.9. The Morgan fingerprint density at radius 1 is 0.930 bits per heavy atom. The minimum absolute atomic E-state index is 0.110. The molecule has 1 unspecified atom stereocenters. The van der Waals surface area contributed by atoms with Gasteiger partial charge in [0, 0.05) is 32.9 Å². The second-order valence-corrected chi connectivity index (χ2v) is 9.47. The summed E-state index contributed by atoms with van der Waals surface area (Å²) in [5, 5.41) is 20.2. The number of carbonyl (C=O) groups is 4. The van der Waals surface area contributed by atoms with Gasteiger partial charge < -0.3 is 34.6 Å². The summed E-state index contributed by atoms with van der Waals surface area (Å²) in [6, 6.07) is 13.9. The largest absolute Gasteiger partial charge is 0.481 e. The van der Waals surface area contributed by atoms with E-state index in [1.807, 2.05) is 30.3 Å². The Bertz CT molecular complexity index is 1410. The van der Waals surface area contributed by atoms with Crippen LogP contribution in [0.3, 0.4) is 0 Å². The van der Waals surface area contributed by atoms with Gasteiger partial charge in [-0.15, -0.1) is 0 Å². The third-order valence-electron chi connectivity index (χ3n) is 6.07. The maximum absolute atomic E-state index is 13.0. The number of nitrogens with zero attached hydrogens (tertiary/aromatic N) is 3. The molecule has 0 saturated heterocycles. The maximum Gasteiger partial charge on any atom is 0.338 e. The number of hydrogen-bond donors (Lipinski definition) is 3. The van der Waals surface area contributed by atoms with Gasteiger partial charge >= 0.3 is 17.9 Å². The van der Waals surface area contributed by atoms with Crippen LogP contribution in [0.25, 0.3) is 11.3 Å². The summed E-state index contributed by atoms with van der Waals surface area (Å²) in [6.45, 7) is 1.29. The van der Waals surface area contributed by atoms with Gasteiger partial charge in [-0.25, -0.2) is 19.6 Å². The van der Waals surface area contributed by atoms with Crippen LogP contribution in [-0.2, 0) is 30.4 Å². The Kier molecular flexibility index (Phi) is 12.4. The Morgan fingerprint density at radius 2 is 1.56 bits per heavy atom. The lowest BCUT2D eigenvalue weighted by Crippen LogP contribution is -2.43. The summed E-state index contributed by atoms with van der Waals surface area (Å²) < 4.78 is 15.8. The fourth-order valence-corrected chi connectivity index (χ4v) is 4.08. The van der Waals surface area contributed by atoms with E-state index in [1.165, 1.54) is 14.2 Å². The molecule has 0 aliphatic heterocycles. The monoisotopic (exact) mass is 614 g/mol. The van der Waals surface area contributed by atoms with Gasteiger partial charge in [0.05, 0.1) is 25.2 Å². The van der Waals surface area contributed by atoms with Crippen molar-refractivity contribution in [3.8, 4) is 11.3 Å². The zero-order chi connectivity index (χ0) is 31.4. The van der Waals surface area contributed by atoms with Crippen LogP contribution in [0.1, 0.15) is 32.8 Å². The molecule has 0 aliphatic carbocycles. The normalized spacial score (nSPS) is 11.4. The molecule has 3 N–H and O–H groups in total. The van der Waals surface area contributed by atoms with E-state index in [-0.39, 0.29) is 36.5 Å². The number of aliphatic carboxylic acids is 2. The van der Waals surface area contributed by atoms with E-state index >= 15 is 0 Å². The molecule has 3 rings (SSSR count). The van der Waals surface area contributed by atoms with Gasteiger partial charge in [-0.05, 0) is 17.7 Å². The molecule has 0 spiro atoms. The number of amides is 1. The smallest absolute Gasteiger partial charge is 0.338 e. The van der Waals surface area contributed by atoms with E-state index in [2.05, 4.69) is 15.3 Å². The van der Waals surface area contributed by atoms with Crippen LogP contribution in [0.4, 0.5) is 5.82 Å². The van der Waals surface area contributed by atoms with Gasteiger partial charge in [-0.3, -0.25) is 9.59 Å². The van der Waals surface area contributed by atoms with Crippen molar-refractivity contribution in [3.63, 3.8) is 0 Å². The van der Waals surface area contributed by atoms with E-state index in [0.29, 0.717) is 24.2 Å². The molecule has 3 aromatic rings. The molecule has 13 nitrogen and oxygen atoms in total. The highest BCUT2D eigenvalue weighted by Crippen LogP contribution is 2.31. The van der Waals surface area contributed by atoms with Crippen molar-refractivity contribution in [1.29, 1.82) is 0 Å². The molecule has 228 valence electrons. The van der Waals surface area contributed by atoms with Gasteiger partial charge in [0.1, 0.15) is 18.3 Å². The molecule has 0 bridgehead atoms. The molecule has 0 aliphatic rings. The van der Waals surface area contributed by atoms with Crippen molar-refractivity contribution in [2.45, 2.75) is 19.1 Å². The van der Waals surface area contributed by atoms with Crippen LogP contribution in [0.2, 0.25) is 5.15 Å². The number of methoxy groups -OCH3 is 2. The lowest BCUT2D eigenvalue weighted by molar-refractivity contribution is -0.145. The Balaban J connectivity index is 1.97. The summed E-state index contributed by atoms with van der Waals surface area (Å²) in [7, 11) is 3.04. The molecule has 14 heteroatoms. The minimum atomic E-state index is -1.72. The summed E-state index contributed by atoms with van der Waals surface area (Å²) in [4.78, 5) is 58.8. The summed E-state index contributed by atoms with van der Waals surface area (Å²) >= 11 is 6.37. The third kappa shape index (κ3) is 9.46. The number of carboxylic acid groups (broad SMARTS) is 2. The maximum atomic E-state index is 13.0. The van der Waals surface area contributed by atoms with E-state index in [1.54, 1.807) is 29.2 Å². The first-order chi connectivity index (χ1) is 20.6. The summed E-state index contributed by atoms with van der Waals surface area (Å²) in [6.07, 6.45) is -0.856. The van der Waals surface area contributed by atoms with Gasteiger partial charge in [0.2, 0.25) is 0 Å². The van der Waals surface area contributed by atoms with Crippen molar-refractivity contribution in [3.05, 3.63) is 76.6 Å². The molecular weight excluding hydrogens is 584 g/mol. The Hall–Kier alpha value is -4.59. The molecular formula is C29H31ClN4O9. The number of anilines is 1. The highest BCUT2D eigenvalue weighted by molar-refractivity contribution is 6.32. The molecule has 0 fully saturated rings. The third-order valence-corrected chi connectivity index (χ3v) is 6.33. The second-order valence-electron chi connectivity index (χ2n) is 9.11. The van der Waals surface area contributed by atoms with E-state index in [9.17, 15) is 24.3 Å². The van der Waals surface area contributed by atoms with Crippen molar-refractivity contribution in [1.82, 2.24) is 15.3 Å². The standard InChI is InChI=1S/C29H31ClN4O9/c1-41-14-12-34(13-15-42-2)26-23(32-25(30)24(33-26)27(37)31-21(28(38)39)16-22(35)36)19-8-10-20(11-9-19)29(40)43-17-18-6-4-3-5-7-18/h3-11,21H,12-17H2,1-2H3,(H,31,37)(H,35,36)(H,38,39). The topological polar surface area (TPSA) is 177 Å². The van der Waals surface area contributed by atoms with Gasteiger partial charge in [-0.2, -0.15) is 0 Å². The molecule has 43 heavy (non-hydrogen) atoms. The zero-order valence-corrected chi connectivity index (χ0v) is 24.2. The Labute approximate surface area is 252 Å². The van der Waals surface area contributed by atoms with Crippen LogP contribution in [0.15, 0.2) is 54.6 Å². The predicted octanol–water partition coefficient (Wildman–Crippen LogP) is 2.91. The van der Waals surface area contributed by atoms with Crippen LogP contribution < -0.4 is 10.2 Å². The van der Waals surface area contributed by atoms with Gasteiger partial charge in [0.15, 0.2) is 16.7 Å². The second kappa shape index (κ2) is 16.2. The van der Waals surface area contributed by atoms with E-state index in [0.717, 1.165) is 5.56 Å². The van der Waals surface area contributed by atoms with Crippen LogP contribution >= 0.6 is 11.6 Å². The van der Waals surface area contributed by atoms with Crippen LogP contribution in [-0.4, -0.2) is 90.6 Å². The number of aromatic nitrogens is 2.